The second-order valence-electron chi connectivity index (χ2n) is 6.58. The number of aromatic nitrogens is 1. The molecule has 7 heteroatoms. The molecule has 3 aromatic rings. The smallest absolute Gasteiger partial charge is 0.255 e. The molecule has 1 N–H and O–H groups in total. The molecule has 0 bridgehead atoms. The third-order valence-electron chi connectivity index (χ3n) is 4.13. The number of amides is 1. The largest absolute Gasteiger partial charge is 0.322 e. The Labute approximate surface area is 169 Å². The molecule has 0 aliphatic carbocycles. The third-order valence-corrected chi connectivity index (χ3v) is 5.32. The Hall–Kier alpha value is -2.70. The molecule has 144 valence electrons. The van der Waals surface area contributed by atoms with Crippen molar-refractivity contribution < 1.29 is 13.2 Å². The monoisotopic (exact) mass is 414 g/mol. The van der Waals surface area contributed by atoms with Crippen molar-refractivity contribution in [1.82, 2.24) is 4.98 Å². The van der Waals surface area contributed by atoms with Gasteiger partial charge in [-0.15, -0.1) is 0 Å². The summed E-state index contributed by atoms with van der Waals surface area (Å²) in [5.74, 6) is -0.335. The van der Waals surface area contributed by atoms with Crippen LogP contribution in [0.25, 0.3) is 11.3 Å². The first-order valence-corrected chi connectivity index (χ1v) is 11.0. The summed E-state index contributed by atoms with van der Waals surface area (Å²) in [6.45, 7) is 1.78. The fourth-order valence-electron chi connectivity index (χ4n) is 2.89. The van der Waals surface area contributed by atoms with Crippen LogP contribution in [0.2, 0.25) is 5.02 Å². The Morgan fingerprint density at radius 1 is 1.11 bits per heavy atom. The molecule has 0 spiro atoms. The number of sulfone groups is 1. The van der Waals surface area contributed by atoms with Gasteiger partial charge in [0.1, 0.15) is 0 Å². The highest BCUT2D eigenvalue weighted by molar-refractivity contribution is 7.89. The molecule has 0 radical (unpaired) electrons. The summed E-state index contributed by atoms with van der Waals surface area (Å²) in [6, 6.07) is 15.8. The summed E-state index contributed by atoms with van der Waals surface area (Å²) in [5, 5.41) is 3.40. The Balaban J connectivity index is 1.84. The molecule has 0 unspecified atom stereocenters. The fourth-order valence-corrected chi connectivity index (χ4v) is 3.89. The van der Waals surface area contributed by atoms with Crippen LogP contribution < -0.4 is 5.32 Å². The highest BCUT2D eigenvalue weighted by Gasteiger charge is 2.13. The van der Waals surface area contributed by atoms with Crippen molar-refractivity contribution in [3.63, 3.8) is 0 Å². The molecular weight excluding hydrogens is 396 g/mol. The summed E-state index contributed by atoms with van der Waals surface area (Å²) in [6.07, 6.45) is 2.86. The fraction of sp³-hybridized carbons (Fsp3) is 0.143. The molecule has 2 aromatic carbocycles. The average Bonchev–Trinajstić information content (AvgIpc) is 2.62. The number of carbonyl (C=O) groups excluding carboxylic acids is 1. The van der Waals surface area contributed by atoms with E-state index in [2.05, 4.69) is 10.3 Å². The van der Waals surface area contributed by atoms with E-state index in [0.29, 0.717) is 33.1 Å². The van der Waals surface area contributed by atoms with Crippen molar-refractivity contribution >= 4 is 33.0 Å². The number of nitrogens with zero attached hydrogens (tertiary/aromatic N) is 1. The zero-order chi connectivity index (χ0) is 20.3. The molecule has 0 aliphatic rings. The Bertz CT molecular complexity index is 1130. The number of rotatable bonds is 5. The van der Waals surface area contributed by atoms with Gasteiger partial charge in [0, 0.05) is 29.3 Å². The topological polar surface area (TPSA) is 76.1 Å². The van der Waals surface area contributed by atoms with Gasteiger partial charge in [-0.2, -0.15) is 0 Å². The minimum atomic E-state index is -3.13. The minimum Gasteiger partial charge on any atom is -0.322 e. The summed E-state index contributed by atoms with van der Waals surface area (Å²) >= 11 is 6.28. The second kappa shape index (κ2) is 8.12. The van der Waals surface area contributed by atoms with Crippen molar-refractivity contribution in [3.05, 3.63) is 82.5 Å². The van der Waals surface area contributed by atoms with E-state index in [1.807, 2.05) is 18.2 Å². The quantitative estimate of drug-likeness (QED) is 0.666. The van der Waals surface area contributed by atoms with Crippen LogP contribution in [0.15, 0.2) is 60.8 Å². The van der Waals surface area contributed by atoms with Crippen molar-refractivity contribution in [2.75, 3.05) is 11.6 Å². The maximum atomic E-state index is 12.7. The lowest BCUT2D eigenvalue weighted by molar-refractivity contribution is 0.102. The van der Waals surface area contributed by atoms with Gasteiger partial charge in [0.25, 0.3) is 5.91 Å². The maximum absolute atomic E-state index is 12.7. The Kier molecular flexibility index (Phi) is 5.82. The molecule has 1 heterocycles. The number of carbonyl (C=O) groups is 1. The minimum absolute atomic E-state index is 0.0552. The van der Waals surface area contributed by atoms with Crippen molar-refractivity contribution in [2.24, 2.45) is 0 Å². The molecule has 0 atom stereocenters. The average molecular weight is 415 g/mol. The summed E-state index contributed by atoms with van der Waals surface area (Å²) in [7, 11) is -3.13. The van der Waals surface area contributed by atoms with E-state index in [9.17, 15) is 13.2 Å². The number of anilines is 1. The number of hydrogen-bond donors (Lipinski definition) is 1. The van der Waals surface area contributed by atoms with Gasteiger partial charge in [0.15, 0.2) is 9.84 Å². The van der Waals surface area contributed by atoms with Crippen molar-refractivity contribution in [2.45, 2.75) is 12.7 Å². The lowest BCUT2D eigenvalue weighted by Gasteiger charge is -2.11. The van der Waals surface area contributed by atoms with Gasteiger partial charge in [-0.1, -0.05) is 29.8 Å². The van der Waals surface area contributed by atoms with E-state index in [0.717, 1.165) is 5.56 Å². The lowest BCUT2D eigenvalue weighted by Crippen LogP contribution is -2.14. The van der Waals surface area contributed by atoms with Gasteiger partial charge in [-0.05, 0) is 54.4 Å². The SMILES string of the molecule is Cc1cc(CS(C)(=O)=O)ccc1C(=O)Nc1ccc(Cl)c(-c2ccccn2)c1. The number of hydrogen-bond acceptors (Lipinski definition) is 4. The van der Waals surface area contributed by atoms with Gasteiger partial charge in [-0.25, -0.2) is 8.42 Å². The number of nitrogens with one attached hydrogen (secondary N) is 1. The van der Waals surface area contributed by atoms with E-state index in [1.165, 1.54) is 6.26 Å². The molecule has 5 nitrogen and oxygen atoms in total. The van der Waals surface area contributed by atoms with Gasteiger partial charge >= 0.3 is 0 Å². The van der Waals surface area contributed by atoms with Crippen LogP contribution in [0.5, 0.6) is 0 Å². The standard InChI is InChI=1S/C21H19ClN2O3S/c1-14-11-15(13-28(2,26)27)6-8-17(14)21(25)24-16-7-9-19(22)18(12-16)20-5-3-4-10-23-20/h3-12H,13H2,1-2H3,(H,24,25). The predicted octanol–water partition coefficient (Wildman–Crippen LogP) is 4.51. The highest BCUT2D eigenvalue weighted by Crippen LogP contribution is 2.29. The van der Waals surface area contributed by atoms with Crippen LogP contribution in [-0.4, -0.2) is 25.6 Å². The van der Waals surface area contributed by atoms with Crippen LogP contribution >= 0.6 is 11.6 Å². The molecule has 1 amide bonds. The van der Waals surface area contributed by atoms with Crippen molar-refractivity contribution in [3.8, 4) is 11.3 Å². The zero-order valence-electron chi connectivity index (χ0n) is 15.4. The van der Waals surface area contributed by atoms with E-state index < -0.39 is 9.84 Å². The van der Waals surface area contributed by atoms with Gasteiger partial charge < -0.3 is 5.32 Å². The summed E-state index contributed by atoms with van der Waals surface area (Å²) in [5.41, 5.74) is 3.87. The zero-order valence-corrected chi connectivity index (χ0v) is 17.0. The van der Waals surface area contributed by atoms with E-state index >= 15 is 0 Å². The number of halogens is 1. The Morgan fingerprint density at radius 3 is 2.54 bits per heavy atom. The normalized spacial score (nSPS) is 11.2. The molecule has 0 saturated heterocycles. The van der Waals surface area contributed by atoms with Crippen LogP contribution in [-0.2, 0) is 15.6 Å². The molecule has 3 rings (SSSR count). The molecule has 28 heavy (non-hydrogen) atoms. The maximum Gasteiger partial charge on any atom is 0.255 e. The third kappa shape index (κ3) is 4.97. The Morgan fingerprint density at radius 2 is 1.89 bits per heavy atom. The molecule has 1 aromatic heterocycles. The van der Waals surface area contributed by atoms with Crippen LogP contribution in [0.1, 0.15) is 21.5 Å². The predicted molar refractivity (Wildman–Crippen MR) is 112 cm³/mol. The van der Waals surface area contributed by atoms with Crippen molar-refractivity contribution in [1.29, 1.82) is 0 Å². The molecule has 0 saturated carbocycles. The summed E-state index contributed by atoms with van der Waals surface area (Å²) in [4.78, 5) is 17.0. The van der Waals surface area contributed by atoms with Crippen LogP contribution in [0.3, 0.4) is 0 Å². The lowest BCUT2D eigenvalue weighted by atomic mass is 10.0. The first kappa shape index (κ1) is 20.0. The van der Waals surface area contributed by atoms with Crippen LogP contribution in [0, 0.1) is 6.92 Å². The second-order valence-corrected chi connectivity index (χ2v) is 9.13. The number of aryl methyl sites for hydroxylation is 1. The van der Waals surface area contributed by atoms with E-state index in [4.69, 9.17) is 11.6 Å². The molecule has 0 aliphatic heterocycles. The van der Waals surface area contributed by atoms with Gasteiger partial charge in [-0.3, -0.25) is 9.78 Å². The first-order chi connectivity index (χ1) is 13.2. The molecular formula is C21H19ClN2O3S. The van der Waals surface area contributed by atoms with Crippen LogP contribution in [0.4, 0.5) is 5.69 Å². The first-order valence-electron chi connectivity index (χ1n) is 8.52. The number of pyridine rings is 1. The molecule has 0 fully saturated rings. The highest BCUT2D eigenvalue weighted by atomic mass is 35.5. The van der Waals surface area contributed by atoms with Gasteiger partial charge in [0.05, 0.1) is 16.5 Å². The van der Waals surface area contributed by atoms with Gasteiger partial charge in [0.2, 0.25) is 0 Å². The van der Waals surface area contributed by atoms with E-state index in [-0.39, 0.29) is 11.7 Å². The summed E-state index contributed by atoms with van der Waals surface area (Å²) < 4.78 is 22.9. The number of benzene rings is 2. The van der Waals surface area contributed by atoms with E-state index in [1.54, 1.807) is 49.5 Å².